The molecular formula is C27H27Cl2F5N2O5. The van der Waals surface area contributed by atoms with Gasteiger partial charge in [0.15, 0.2) is 12.4 Å². The predicted molar refractivity (Wildman–Crippen MR) is 141 cm³/mol. The van der Waals surface area contributed by atoms with E-state index >= 15 is 0 Å². The molecule has 2 rings (SSSR count). The van der Waals surface area contributed by atoms with Gasteiger partial charge >= 0.3 is 12.1 Å². The molecule has 0 aliphatic rings. The Bertz CT molecular complexity index is 1240. The SMILES string of the molecule is CC(C)[C@H](CC(=O)[C@H](Cc1ccccc1)NC(=O)COc1ccc(Cl)c(Cl)c1)C(=O)C(F)(F)C(=O)NCC(F)(F)F. The summed E-state index contributed by atoms with van der Waals surface area (Å²) in [6, 6.07) is 11.4. The van der Waals surface area contributed by atoms with Gasteiger partial charge in [-0.2, -0.15) is 22.0 Å². The second-order valence-corrected chi connectivity index (χ2v) is 10.2. The molecule has 0 bridgehead atoms. The summed E-state index contributed by atoms with van der Waals surface area (Å²) in [5.74, 6) is -13.3. The normalized spacial score (nSPS) is 13.3. The number of hydrogen-bond acceptors (Lipinski definition) is 5. The maximum absolute atomic E-state index is 14.6. The number of Topliss-reactive ketones (excluding diaryl/α,β-unsaturated/α-hetero) is 2. The Hall–Kier alpha value is -3.25. The number of rotatable bonds is 14. The summed E-state index contributed by atoms with van der Waals surface area (Å²) in [5, 5.41) is 3.90. The highest BCUT2D eigenvalue weighted by Gasteiger charge is 2.51. The molecule has 2 aromatic rings. The zero-order valence-electron chi connectivity index (χ0n) is 21.9. The van der Waals surface area contributed by atoms with Crippen molar-refractivity contribution in [2.24, 2.45) is 11.8 Å². The van der Waals surface area contributed by atoms with Crippen molar-refractivity contribution in [2.75, 3.05) is 13.2 Å². The summed E-state index contributed by atoms with van der Waals surface area (Å²) in [6.07, 6.45) is -5.86. The maximum Gasteiger partial charge on any atom is 0.405 e. The fourth-order valence-electron chi connectivity index (χ4n) is 3.67. The maximum atomic E-state index is 14.6. The van der Waals surface area contributed by atoms with E-state index in [4.69, 9.17) is 27.9 Å². The van der Waals surface area contributed by atoms with Gasteiger partial charge in [0.1, 0.15) is 12.3 Å². The highest BCUT2D eigenvalue weighted by molar-refractivity contribution is 6.42. The van der Waals surface area contributed by atoms with Crippen LogP contribution >= 0.6 is 23.2 Å². The van der Waals surface area contributed by atoms with Gasteiger partial charge in [-0.05, 0) is 30.0 Å². The molecule has 0 fully saturated rings. The quantitative estimate of drug-likeness (QED) is 0.222. The van der Waals surface area contributed by atoms with Gasteiger partial charge < -0.3 is 15.4 Å². The lowest BCUT2D eigenvalue weighted by Gasteiger charge is -2.26. The molecule has 0 aliphatic heterocycles. The predicted octanol–water partition coefficient (Wildman–Crippen LogP) is 5.21. The van der Waals surface area contributed by atoms with E-state index in [2.05, 4.69) is 5.32 Å². The van der Waals surface area contributed by atoms with Crippen molar-refractivity contribution in [3.05, 3.63) is 64.1 Å². The van der Waals surface area contributed by atoms with E-state index in [1.807, 2.05) is 0 Å². The number of nitrogens with one attached hydrogen (secondary N) is 2. The number of carbonyl (C=O) groups excluding carboxylic acids is 4. The van der Waals surface area contributed by atoms with Crippen molar-refractivity contribution >= 4 is 46.6 Å². The molecule has 0 saturated heterocycles. The fraction of sp³-hybridized carbons (Fsp3) is 0.407. The van der Waals surface area contributed by atoms with E-state index in [1.165, 1.54) is 32.0 Å². The molecule has 224 valence electrons. The van der Waals surface area contributed by atoms with Crippen molar-refractivity contribution in [3.8, 4) is 5.75 Å². The number of amides is 2. The summed E-state index contributed by atoms with van der Waals surface area (Å²) < 4.78 is 71.6. The van der Waals surface area contributed by atoms with Crippen LogP contribution < -0.4 is 15.4 Å². The minimum Gasteiger partial charge on any atom is -0.484 e. The van der Waals surface area contributed by atoms with Crippen LogP contribution in [0.3, 0.4) is 0 Å². The van der Waals surface area contributed by atoms with E-state index in [1.54, 1.807) is 30.3 Å². The van der Waals surface area contributed by atoms with Gasteiger partial charge in [-0.15, -0.1) is 0 Å². The van der Waals surface area contributed by atoms with Gasteiger partial charge in [-0.25, -0.2) is 0 Å². The summed E-state index contributed by atoms with van der Waals surface area (Å²) in [6.45, 7) is 0.0702. The average Bonchev–Trinajstić information content (AvgIpc) is 2.90. The lowest BCUT2D eigenvalue weighted by atomic mass is 9.82. The van der Waals surface area contributed by atoms with Gasteiger partial charge in [0.2, 0.25) is 5.78 Å². The van der Waals surface area contributed by atoms with Crippen molar-refractivity contribution in [3.63, 3.8) is 0 Å². The smallest absolute Gasteiger partial charge is 0.405 e. The molecule has 0 aromatic heterocycles. The number of carbonyl (C=O) groups is 4. The number of ether oxygens (including phenoxy) is 1. The highest BCUT2D eigenvalue weighted by atomic mass is 35.5. The van der Waals surface area contributed by atoms with E-state index < -0.39 is 72.9 Å². The van der Waals surface area contributed by atoms with Crippen LogP contribution in [0.15, 0.2) is 48.5 Å². The van der Waals surface area contributed by atoms with Gasteiger partial charge in [0, 0.05) is 18.4 Å². The molecule has 7 nitrogen and oxygen atoms in total. The Morgan fingerprint density at radius 3 is 2.12 bits per heavy atom. The largest absolute Gasteiger partial charge is 0.484 e. The highest BCUT2D eigenvalue weighted by Crippen LogP contribution is 2.29. The van der Waals surface area contributed by atoms with Crippen LogP contribution in [0, 0.1) is 11.8 Å². The third-order valence-corrected chi connectivity index (χ3v) is 6.61. The van der Waals surface area contributed by atoms with Crippen LogP contribution in [0.25, 0.3) is 0 Å². The van der Waals surface area contributed by atoms with E-state index in [0.29, 0.717) is 5.56 Å². The number of benzene rings is 2. The van der Waals surface area contributed by atoms with Gasteiger partial charge in [0.25, 0.3) is 11.8 Å². The lowest BCUT2D eigenvalue weighted by Crippen LogP contribution is -2.52. The van der Waals surface area contributed by atoms with Crippen LogP contribution in [0.5, 0.6) is 5.75 Å². The molecule has 2 amide bonds. The third-order valence-electron chi connectivity index (χ3n) is 5.87. The molecule has 0 aliphatic carbocycles. The molecule has 0 radical (unpaired) electrons. The fourth-order valence-corrected chi connectivity index (χ4v) is 3.96. The Morgan fingerprint density at radius 2 is 1.56 bits per heavy atom. The Kier molecular flexibility index (Phi) is 12.1. The minimum absolute atomic E-state index is 0.0698. The third kappa shape index (κ3) is 10.6. The zero-order valence-corrected chi connectivity index (χ0v) is 23.4. The molecule has 0 saturated carbocycles. The second kappa shape index (κ2) is 14.6. The molecule has 14 heteroatoms. The van der Waals surface area contributed by atoms with Crippen LogP contribution in [-0.2, 0) is 25.6 Å². The molecule has 2 atom stereocenters. The van der Waals surface area contributed by atoms with E-state index in [9.17, 15) is 41.1 Å². The Labute approximate surface area is 242 Å². The van der Waals surface area contributed by atoms with Crippen LogP contribution in [0.4, 0.5) is 22.0 Å². The number of halogens is 7. The summed E-state index contributed by atoms with van der Waals surface area (Å²) in [7, 11) is 0. The van der Waals surface area contributed by atoms with Crippen molar-refractivity contribution in [1.29, 1.82) is 0 Å². The monoisotopic (exact) mass is 624 g/mol. The average molecular weight is 625 g/mol. The molecule has 0 spiro atoms. The van der Waals surface area contributed by atoms with Crippen LogP contribution in [0.1, 0.15) is 25.8 Å². The van der Waals surface area contributed by atoms with Crippen molar-refractivity contribution < 1.29 is 45.9 Å². The zero-order chi connectivity index (χ0) is 31.0. The van der Waals surface area contributed by atoms with E-state index in [0.717, 1.165) is 5.32 Å². The first-order valence-electron chi connectivity index (χ1n) is 12.2. The first kappa shape index (κ1) is 34.0. The van der Waals surface area contributed by atoms with Gasteiger partial charge in [-0.3, -0.25) is 19.2 Å². The molecule has 2 N–H and O–H groups in total. The summed E-state index contributed by atoms with van der Waals surface area (Å²) in [5.41, 5.74) is 0.598. The van der Waals surface area contributed by atoms with E-state index in [-0.39, 0.29) is 22.2 Å². The molecule has 41 heavy (non-hydrogen) atoms. The second-order valence-electron chi connectivity index (χ2n) is 9.43. The Balaban J connectivity index is 2.19. The Morgan fingerprint density at radius 1 is 0.927 bits per heavy atom. The molecule has 2 aromatic carbocycles. The minimum atomic E-state index is -4.98. The van der Waals surface area contributed by atoms with Crippen molar-refractivity contribution in [1.82, 2.24) is 10.6 Å². The molecular weight excluding hydrogens is 598 g/mol. The standard InChI is InChI=1S/C27H27Cl2F5N2O5/c1-15(2)18(24(39)27(33,34)25(40)35-14-26(30,31)32)12-22(37)21(10-16-6-4-3-5-7-16)36-23(38)13-41-17-8-9-19(28)20(29)11-17/h3-9,11,15,18,21H,10,12-14H2,1-2H3,(H,35,40)(H,36,38)/t18-,21-/m0/s1. The number of hydrogen-bond donors (Lipinski definition) is 2. The summed E-state index contributed by atoms with van der Waals surface area (Å²) >= 11 is 11.8. The van der Waals surface area contributed by atoms with Gasteiger partial charge in [-0.1, -0.05) is 67.4 Å². The topological polar surface area (TPSA) is 102 Å². The van der Waals surface area contributed by atoms with Crippen LogP contribution in [-0.4, -0.2) is 54.7 Å². The first-order chi connectivity index (χ1) is 19.0. The van der Waals surface area contributed by atoms with Crippen LogP contribution in [0.2, 0.25) is 10.0 Å². The first-order valence-corrected chi connectivity index (χ1v) is 13.0. The van der Waals surface area contributed by atoms with Crippen molar-refractivity contribution in [2.45, 2.75) is 44.8 Å². The van der Waals surface area contributed by atoms with Gasteiger partial charge in [0.05, 0.1) is 16.1 Å². The lowest BCUT2D eigenvalue weighted by molar-refractivity contribution is -0.167. The molecule has 0 unspecified atom stereocenters. The number of ketones is 2. The number of alkyl halides is 5. The summed E-state index contributed by atoms with van der Waals surface area (Å²) in [4.78, 5) is 50.3. The molecule has 0 heterocycles.